The van der Waals surface area contributed by atoms with Crippen LogP contribution in [0.4, 0.5) is 18.9 Å². The van der Waals surface area contributed by atoms with E-state index in [1.54, 1.807) is 11.9 Å². The molecule has 0 atom stereocenters. The van der Waals surface area contributed by atoms with Crippen molar-refractivity contribution >= 4 is 23.5 Å². The zero-order valence-corrected chi connectivity index (χ0v) is 17.5. The number of esters is 2. The molecular formula is C21H21F3N2O6. The topological polar surface area (TPSA) is 94.2 Å². The highest BCUT2D eigenvalue weighted by Gasteiger charge is 2.31. The number of benzene rings is 2. The second-order valence-electron chi connectivity index (χ2n) is 6.69. The molecule has 8 nitrogen and oxygen atoms in total. The summed E-state index contributed by atoms with van der Waals surface area (Å²) in [5.41, 5.74) is 0.969. The SMILES string of the molecule is COC(=O)c1cc(NC(=O)CN(C)Cc2ccc(OC(F)(F)F)cc2)cc(C(=O)OC)c1. The second kappa shape index (κ2) is 10.6. The smallest absolute Gasteiger partial charge is 0.465 e. The highest BCUT2D eigenvalue weighted by molar-refractivity contribution is 5.99. The fraction of sp³-hybridized carbons (Fsp3) is 0.286. The van der Waals surface area contributed by atoms with Crippen LogP contribution in [0.25, 0.3) is 0 Å². The molecule has 2 aromatic rings. The standard InChI is InChI=1S/C21H21F3N2O6/c1-26(11-13-4-6-17(7-5-13)32-21(22,23)24)12-18(27)25-16-9-14(19(28)30-2)8-15(10-16)20(29)31-3/h4-10H,11-12H2,1-3H3,(H,25,27). The van der Waals surface area contributed by atoms with Crippen molar-refractivity contribution in [1.29, 1.82) is 0 Å². The van der Waals surface area contributed by atoms with E-state index >= 15 is 0 Å². The van der Waals surface area contributed by atoms with Gasteiger partial charge in [0.2, 0.25) is 5.91 Å². The normalized spacial score (nSPS) is 11.1. The molecule has 2 rings (SSSR count). The van der Waals surface area contributed by atoms with Crippen molar-refractivity contribution in [3.8, 4) is 5.75 Å². The maximum atomic E-state index is 12.4. The fourth-order valence-corrected chi connectivity index (χ4v) is 2.78. The number of methoxy groups -OCH3 is 2. The average molecular weight is 454 g/mol. The van der Waals surface area contributed by atoms with E-state index in [0.717, 1.165) is 0 Å². The molecule has 0 unspecified atom stereocenters. The molecule has 11 heteroatoms. The summed E-state index contributed by atoms with van der Waals surface area (Å²) in [7, 11) is 4.01. The molecule has 2 aromatic carbocycles. The largest absolute Gasteiger partial charge is 0.573 e. The lowest BCUT2D eigenvalue weighted by Crippen LogP contribution is -2.30. The number of halogens is 3. The number of likely N-dealkylation sites (N-methyl/N-ethyl adjacent to an activating group) is 1. The Hall–Kier alpha value is -3.60. The van der Waals surface area contributed by atoms with Crippen LogP contribution in [0.15, 0.2) is 42.5 Å². The Labute approximate surface area is 181 Å². The first kappa shape index (κ1) is 24.7. The molecule has 0 aliphatic rings. The maximum Gasteiger partial charge on any atom is 0.573 e. The van der Waals surface area contributed by atoms with E-state index in [1.165, 1.54) is 56.7 Å². The first-order valence-electron chi connectivity index (χ1n) is 9.15. The van der Waals surface area contributed by atoms with Crippen LogP contribution in [-0.4, -0.2) is 56.9 Å². The third kappa shape index (κ3) is 7.58. The molecule has 0 radical (unpaired) electrons. The number of anilines is 1. The van der Waals surface area contributed by atoms with Gasteiger partial charge in [-0.05, 0) is 42.9 Å². The number of rotatable bonds is 8. The van der Waals surface area contributed by atoms with Gasteiger partial charge in [0.1, 0.15) is 5.75 Å². The Morgan fingerprint density at radius 3 is 1.94 bits per heavy atom. The van der Waals surface area contributed by atoms with Crippen molar-refractivity contribution < 1.29 is 41.8 Å². The van der Waals surface area contributed by atoms with Crippen molar-refractivity contribution in [2.24, 2.45) is 0 Å². The minimum absolute atomic E-state index is 0.0558. The molecule has 0 aromatic heterocycles. The third-order valence-electron chi connectivity index (χ3n) is 4.08. The number of nitrogens with zero attached hydrogens (tertiary/aromatic N) is 1. The van der Waals surface area contributed by atoms with E-state index in [2.05, 4.69) is 19.5 Å². The van der Waals surface area contributed by atoms with Crippen LogP contribution in [0.3, 0.4) is 0 Å². The van der Waals surface area contributed by atoms with Crippen molar-refractivity contribution in [3.63, 3.8) is 0 Å². The van der Waals surface area contributed by atoms with Gasteiger partial charge in [-0.2, -0.15) is 0 Å². The van der Waals surface area contributed by atoms with Crippen molar-refractivity contribution in [2.45, 2.75) is 12.9 Å². The molecular weight excluding hydrogens is 433 g/mol. The van der Waals surface area contributed by atoms with Gasteiger partial charge in [0.15, 0.2) is 0 Å². The molecule has 0 saturated carbocycles. The fourth-order valence-electron chi connectivity index (χ4n) is 2.78. The molecule has 0 fully saturated rings. The molecule has 1 amide bonds. The molecule has 0 aliphatic carbocycles. The number of hydrogen-bond donors (Lipinski definition) is 1. The summed E-state index contributed by atoms with van der Waals surface area (Å²) in [5, 5.41) is 2.59. The molecule has 0 heterocycles. The highest BCUT2D eigenvalue weighted by atomic mass is 19.4. The van der Waals surface area contributed by atoms with Gasteiger partial charge in [-0.15, -0.1) is 13.2 Å². The summed E-state index contributed by atoms with van der Waals surface area (Å²) in [6.45, 7) is 0.201. The Bertz CT molecular complexity index is 942. The van der Waals surface area contributed by atoms with E-state index in [4.69, 9.17) is 0 Å². The Kier molecular flexibility index (Phi) is 8.19. The van der Waals surface area contributed by atoms with E-state index in [9.17, 15) is 27.6 Å². The van der Waals surface area contributed by atoms with Crippen LogP contribution < -0.4 is 10.1 Å². The van der Waals surface area contributed by atoms with Gasteiger partial charge in [0.25, 0.3) is 0 Å². The quantitative estimate of drug-likeness (QED) is 0.612. The molecule has 0 saturated heterocycles. The van der Waals surface area contributed by atoms with Crippen LogP contribution >= 0.6 is 0 Å². The van der Waals surface area contributed by atoms with Crippen LogP contribution in [0.2, 0.25) is 0 Å². The van der Waals surface area contributed by atoms with Gasteiger partial charge in [-0.3, -0.25) is 9.69 Å². The Morgan fingerprint density at radius 1 is 0.938 bits per heavy atom. The zero-order valence-electron chi connectivity index (χ0n) is 17.5. The lowest BCUT2D eigenvalue weighted by Gasteiger charge is -2.17. The van der Waals surface area contributed by atoms with Gasteiger partial charge >= 0.3 is 18.3 Å². The van der Waals surface area contributed by atoms with Crippen molar-refractivity contribution in [1.82, 2.24) is 4.90 Å². The van der Waals surface area contributed by atoms with Gasteiger partial charge < -0.3 is 19.5 Å². The van der Waals surface area contributed by atoms with Gasteiger partial charge in [-0.25, -0.2) is 9.59 Å². The lowest BCUT2D eigenvalue weighted by molar-refractivity contribution is -0.274. The third-order valence-corrected chi connectivity index (χ3v) is 4.08. The second-order valence-corrected chi connectivity index (χ2v) is 6.69. The van der Waals surface area contributed by atoms with Crippen molar-refractivity contribution in [2.75, 3.05) is 33.1 Å². The molecule has 0 aliphatic heterocycles. The van der Waals surface area contributed by atoms with Gasteiger partial charge in [0, 0.05) is 12.2 Å². The van der Waals surface area contributed by atoms with Gasteiger partial charge in [0.05, 0.1) is 31.9 Å². The number of amides is 1. The minimum atomic E-state index is -4.77. The minimum Gasteiger partial charge on any atom is -0.465 e. The van der Waals surface area contributed by atoms with Crippen LogP contribution in [0.1, 0.15) is 26.3 Å². The number of alkyl halides is 3. The number of carbonyl (C=O) groups is 3. The van der Waals surface area contributed by atoms with E-state index in [-0.39, 0.29) is 35.7 Å². The predicted molar refractivity (Wildman–Crippen MR) is 107 cm³/mol. The van der Waals surface area contributed by atoms with Crippen LogP contribution in [-0.2, 0) is 20.8 Å². The zero-order chi connectivity index (χ0) is 23.9. The Morgan fingerprint density at radius 2 is 1.47 bits per heavy atom. The van der Waals surface area contributed by atoms with E-state index < -0.39 is 24.2 Å². The monoisotopic (exact) mass is 454 g/mol. The summed E-state index contributed by atoms with van der Waals surface area (Å²) in [4.78, 5) is 37.7. The number of hydrogen-bond acceptors (Lipinski definition) is 7. The molecule has 172 valence electrons. The summed E-state index contributed by atoms with van der Waals surface area (Å²) in [6.07, 6.45) is -4.77. The van der Waals surface area contributed by atoms with E-state index in [1.807, 2.05) is 0 Å². The summed E-state index contributed by atoms with van der Waals surface area (Å²) >= 11 is 0. The average Bonchev–Trinajstić information content (AvgIpc) is 2.72. The van der Waals surface area contributed by atoms with E-state index in [0.29, 0.717) is 5.56 Å². The number of ether oxygens (including phenoxy) is 3. The summed E-state index contributed by atoms with van der Waals surface area (Å²) < 4.78 is 49.8. The summed E-state index contributed by atoms with van der Waals surface area (Å²) in [5.74, 6) is -2.17. The predicted octanol–water partition coefficient (Wildman–Crippen LogP) is 3.23. The highest BCUT2D eigenvalue weighted by Crippen LogP contribution is 2.23. The van der Waals surface area contributed by atoms with Crippen LogP contribution in [0.5, 0.6) is 5.75 Å². The molecule has 32 heavy (non-hydrogen) atoms. The number of nitrogens with one attached hydrogen (secondary N) is 1. The molecule has 0 bridgehead atoms. The number of carbonyl (C=O) groups excluding carboxylic acids is 3. The van der Waals surface area contributed by atoms with Crippen molar-refractivity contribution in [3.05, 3.63) is 59.2 Å². The lowest BCUT2D eigenvalue weighted by atomic mass is 10.1. The molecule has 0 spiro atoms. The van der Waals surface area contributed by atoms with Gasteiger partial charge in [-0.1, -0.05) is 12.1 Å². The first-order chi connectivity index (χ1) is 15.0. The molecule has 1 N–H and O–H groups in total. The summed E-state index contributed by atoms with van der Waals surface area (Å²) in [6, 6.07) is 9.28. The maximum absolute atomic E-state index is 12.4. The van der Waals surface area contributed by atoms with Crippen LogP contribution in [0, 0.1) is 0 Å². The first-order valence-corrected chi connectivity index (χ1v) is 9.15. The Balaban J connectivity index is 2.02.